The fourth-order valence-electron chi connectivity index (χ4n) is 4.22. The van der Waals surface area contributed by atoms with E-state index in [2.05, 4.69) is 40.8 Å². The van der Waals surface area contributed by atoms with Gasteiger partial charge in [-0.25, -0.2) is 13.2 Å². The lowest BCUT2D eigenvalue weighted by Gasteiger charge is -2.19. The highest BCUT2D eigenvalue weighted by molar-refractivity contribution is 7.92. The number of hydrogen-bond donors (Lipinski definition) is 3. The highest BCUT2D eigenvalue weighted by Crippen LogP contribution is 2.39. The van der Waals surface area contributed by atoms with Crippen LogP contribution < -0.4 is 14.8 Å². The van der Waals surface area contributed by atoms with Crippen LogP contribution in [0.3, 0.4) is 0 Å². The Bertz CT molecular complexity index is 1730. The average Bonchev–Trinajstić information content (AvgIpc) is 3.26. The van der Waals surface area contributed by atoms with Crippen molar-refractivity contribution in [3.8, 4) is 17.0 Å². The number of carbonyl (C=O) groups excluding carboxylic acids is 1. The number of nitrogens with zero attached hydrogens (tertiary/aromatic N) is 1. The van der Waals surface area contributed by atoms with E-state index in [1.807, 2.05) is 42.5 Å². The van der Waals surface area contributed by atoms with Crippen LogP contribution in [-0.4, -0.2) is 24.5 Å². The summed E-state index contributed by atoms with van der Waals surface area (Å²) in [6, 6.07) is 24.8. The summed E-state index contributed by atoms with van der Waals surface area (Å²) in [7, 11) is -3.83. The Labute approximate surface area is 227 Å². The standard InChI is InChI=1S/C30H28N4O4S/c1-30(2,3)21-11-14-24(15-12-21)39(36,37)34-22-13-16-26-25(18-22)27(20-8-5-4-6-9-20)28(33-26)38-29(35)32-23-10-7-17-31-19-23/h4-19,33-34H,1-3H3,(H,32,35). The molecule has 0 bridgehead atoms. The van der Waals surface area contributed by atoms with Gasteiger partial charge in [0.1, 0.15) is 0 Å². The molecule has 0 spiro atoms. The number of sulfonamides is 1. The fraction of sp³-hybridized carbons (Fsp3) is 0.133. The SMILES string of the molecule is CC(C)(C)c1ccc(S(=O)(=O)Nc2ccc3[nH]c(OC(=O)Nc4cccnc4)c(-c4ccccc4)c3c2)cc1. The molecular weight excluding hydrogens is 512 g/mol. The van der Waals surface area contributed by atoms with Crippen LogP contribution in [0.5, 0.6) is 5.88 Å². The van der Waals surface area contributed by atoms with Crippen LogP contribution >= 0.6 is 0 Å². The minimum absolute atomic E-state index is 0.0858. The predicted octanol–water partition coefficient (Wildman–Crippen LogP) is 6.94. The summed E-state index contributed by atoms with van der Waals surface area (Å²) in [5.41, 5.74) is 3.93. The maximum atomic E-state index is 13.2. The van der Waals surface area contributed by atoms with Crippen molar-refractivity contribution in [3.05, 3.63) is 103 Å². The summed E-state index contributed by atoms with van der Waals surface area (Å²) in [5.74, 6) is 0.232. The number of H-pyrrole nitrogens is 1. The Morgan fingerprint density at radius 1 is 0.897 bits per heavy atom. The first-order chi connectivity index (χ1) is 18.6. The summed E-state index contributed by atoms with van der Waals surface area (Å²) in [6.07, 6.45) is 2.43. The Kier molecular flexibility index (Phi) is 6.84. The number of amides is 1. The molecule has 3 aromatic carbocycles. The van der Waals surface area contributed by atoms with E-state index in [-0.39, 0.29) is 16.2 Å². The van der Waals surface area contributed by atoms with Crippen molar-refractivity contribution >= 4 is 38.4 Å². The number of nitrogens with one attached hydrogen (secondary N) is 3. The molecule has 0 saturated carbocycles. The van der Waals surface area contributed by atoms with Gasteiger partial charge in [-0.3, -0.25) is 15.0 Å². The number of fused-ring (bicyclic) bond motifs is 1. The van der Waals surface area contributed by atoms with Crippen molar-refractivity contribution < 1.29 is 17.9 Å². The van der Waals surface area contributed by atoms with E-state index in [1.54, 1.807) is 48.7 Å². The predicted molar refractivity (Wildman–Crippen MR) is 154 cm³/mol. The summed E-state index contributed by atoms with van der Waals surface area (Å²) >= 11 is 0. The Hall–Kier alpha value is -4.63. The van der Waals surface area contributed by atoms with Gasteiger partial charge in [-0.05, 0) is 59.0 Å². The molecule has 0 fully saturated rings. The number of aromatic nitrogens is 2. The highest BCUT2D eigenvalue weighted by Gasteiger charge is 2.21. The molecule has 1 amide bonds. The Balaban J connectivity index is 1.48. The average molecular weight is 541 g/mol. The number of anilines is 2. The Morgan fingerprint density at radius 3 is 2.31 bits per heavy atom. The molecule has 0 aliphatic heterocycles. The highest BCUT2D eigenvalue weighted by atomic mass is 32.2. The maximum absolute atomic E-state index is 13.2. The van der Waals surface area contributed by atoms with E-state index in [0.717, 1.165) is 11.1 Å². The zero-order valence-electron chi connectivity index (χ0n) is 21.7. The van der Waals surface area contributed by atoms with Crippen molar-refractivity contribution in [2.45, 2.75) is 31.1 Å². The summed E-state index contributed by atoms with van der Waals surface area (Å²) < 4.78 is 34.7. The lowest BCUT2D eigenvalue weighted by atomic mass is 9.87. The van der Waals surface area contributed by atoms with E-state index >= 15 is 0 Å². The molecule has 2 heterocycles. The molecule has 0 unspecified atom stereocenters. The molecule has 3 N–H and O–H groups in total. The molecule has 5 aromatic rings. The van der Waals surface area contributed by atoms with Crippen LogP contribution in [0.25, 0.3) is 22.0 Å². The maximum Gasteiger partial charge on any atom is 0.418 e. The largest absolute Gasteiger partial charge is 0.418 e. The van der Waals surface area contributed by atoms with E-state index < -0.39 is 16.1 Å². The second-order valence-electron chi connectivity index (χ2n) is 10.1. The van der Waals surface area contributed by atoms with Gasteiger partial charge in [-0.15, -0.1) is 0 Å². The van der Waals surface area contributed by atoms with Gasteiger partial charge in [0.05, 0.1) is 22.3 Å². The number of rotatable bonds is 6. The molecule has 5 rings (SSSR count). The lowest BCUT2D eigenvalue weighted by molar-refractivity contribution is 0.214. The van der Waals surface area contributed by atoms with E-state index in [4.69, 9.17) is 4.74 Å². The topological polar surface area (TPSA) is 113 Å². The monoisotopic (exact) mass is 540 g/mol. The minimum Gasteiger partial charge on any atom is -0.392 e. The third kappa shape index (κ3) is 5.78. The molecule has 0 radical (unpaired) electrons. The molecule has 2 aromatic heterocycles. The van der Waals surface area contributed by atoms with Crippen molar-refractivity contribution in [2.24, 2.45) is 0 Å². The molecule has 198 valence electrons. The Morgan fingerprint density at radius 2 is 1.64 bits per heavy atom. The molecule has 0 aliphatic carbocycles. The molecule has 0 atom stereocenters. The van der Waals surface area contributed by atoms with Gasteiger partial charge in [-0.2, -0.15) is 0 Å². The van der Waals surface area contributed by atoms with Crippen molar-refractivity contribution in [1.82, 2.24) is 9.97 Å². The lowest BCUT2D eigenvalue weighted by Crippen LogP contribution is -2.17. The molecule has 0 saturated heterocycles. The van der Waals surface area contributed by atoms with Crippen LogP contribution in [0.1, 0.15) is 26.3 Å². The minimum atomic E-state index is -3.83. The number of ether oxygens (including phenoxy) is 1. The number of pyridine rings is 1. The summed E-state index contributed by atoms with van der Waals surface area (Å²) in [6.45, 7) is 6.23. The van der Waals surface area contributed by atoms with Gasteiger partial charge in [0.2, 0.25) is 5.88 Å². The van der Waals surface area contributed by atoms with Gasteiger partial charge in [-0.1, -0.05) is 63.2 Å². The first-order valence-corrected chi connectivity index (χ1v) is 13.8. The van der Waals surface area contributed by atoms with Crippen LogP contribution in [0.15, 0.2) is 102 Å². The van der Waals surface area contributed by atoms with Crippen LogP contribution in [0, 0.1) is 0 Å². The quantitative estimate of drug-likeness (QED) is 0.216. The van der Waals surface area contributed by atoms with Crippen LogP contribution in [-0.2, 0) is 15.4 Å². The van der Waals surface area contributed by atoms with E-state index in [0.29, 0.717) is 27.8 Å². The summed E-state index contributed by atoms with van der Waals surface area (Å²) in [5, 5.41) is 3.34. The molecule has 8 nitrogen and oxygen atoms in total. The van der Waals surface area contributed by atoms with Crippen molar-refractivity contribution in [2.75, 3.05) is 10.0 Å². The van der Waals surface area contributed by atoms with Crippen molar-refractivity contribution in [3.63, 3.8) is 0 Å². The second-order valence-corrected chi connectivity index (χ2v) is 11.8. The number of benzene rings is 3. The normalized spacial score (nSPS) is 11.8. The zero-order valence-corrected chi connectivity index (χ0v) is 22.5. The third-order valence-electron chi connectivity index (χ3n) is 6.21. The zero-order chi connectivity index (χ0) is 27.6. The fourth-order valence-corrected chi connectivity index (χ4v) is 5.27. The van der Waals surface area contributed by atoms with Crippen LogP contribution in [0.4, 0.5) is 16.2 Å². The second kappa shape index (κ2) is 10.3. The number of carbonyl (C=O) groups is 1. The van der Waals surface area contributed by atoms with Gasteiger partial charge in [0.25, 0.3) is 10.0 Å². The summed E-state index contributed by atoms with van der Waals surface area (Å²) in [4.78, 5) is 20.0. The first-order valence-electron chi connectivity index (χ1n) is 12.3. The molecule has 39 heavy (non-hydrogen) atoms. The van der Waals surface area contributed by atoms with Crippen molar-refractivity contribution in [1.29, 1.82) is 0 Å². The smallest absolute Gasteiger partial charge is 0.392 e. The first kappa shape index (κ1) is 26.0. The van der Waals surface area contributed by atoms with Gasteiger partial charge in [0, 0.05) is 22.8 Å². The molecular formula is C30H28N4O4S. The number of hydrogen-bond acceptors (Lipinski definition) is 5. The third-order valence-corrected chi connectivity index (χ3v) is 7.61. The number of aromatic amines is 1. The van der Waals surface area contributed by atoms with Crippen LogP contribution in [0.2, 0.25) is 0 Å². The van der Waals surface area contributed by atoms with Gasteiger partial charge in [0.15, 0.2) is 0 Å². The van der Waals surface area contributed by atoms with Gasteiger partial charge < -0.3 is 9.72 Å². The molecule has 9 heteroatoms. The van der Waals surface area contributed by atoms with Gasteiger partial charge >= 0.3 is 6.09 Å². The molecule has 0 aliphatic rings. The van der Waals surface area contributed by atoms with E-state index in [1.165, 1.54) is 6.20 Å². The van der Waals surface area contributed by atoms with E-state index in [9.17, 15) is 13.2 Å².